The van der Waals surface area contributed by atoms with Gasteiger partial charge in [-0.2, -0.15) is 0 Å². The Morgan fingerprint density at radius 1 is 1.50 bits per heavy atom. The molecule has 0 saturated heterocycles. The molecule has 1 fully saturated rings. The molecule has 0 heterocycles. The molecule has 0 aromatic rings. The standard InChI is InChI=1S/C9H19N3O2/c10-7-1-2-8(5-7)12-3-4-14-6-9(11)13/h7-8,12H,1-6,10H2,(H2,11,13). The summed E-state index contributed by atoms with van der Waals surface area (Å²) in [7, 11) is 0. The van der Waals surface area contributed by atoms with E-state index in [4.69, 9.17) is 16.2 Å². The van der Waals surface area contributed by atoms with E-state index in [9.17, 15) is 4.79 Å². The average Bonchev–Trinajstić information content (AvgIpc) is 2.50. The van der Waals surface area contributed by atoms with E-state index < -0.39 is 5.91 Å². The fourth-order valence-corrected chi connectivity index (χ4v) is 1.71. The molecule has 0 aromatic heterocycles. The van der Waals surface area contributed by atoms with Crippen LogP contribution in [0.1, 0.15) is 19.3 Å². The SMILES string of the molecule is NC(=O)COCCNC1CCC(N)C1. The molecule has 5 N–H and O–H groups in total. The van der Waals surface area contributed by atoms with Gasteiger partial charge in [0.1, 0.15) is 6.61 Å². The highest BCUT2D eigenvalue weighted by Crippen LogP contribution is 2.16. The van der Waals surface area contributed by atoms with E-state index in [1.54, 1.807) is 0 Å². The molecule has 0 aliphatic heterocycles. The van der Waals surface area contributed by atoms with Gasteiger partial charge in [-0.3, -0.25) is 4.79 Å². The van der Waals surface area contributed by atoms with Gasteiger partial charge in [-0.15, -0.1) is 0 Å². The Morgan fingerprint density at radius 2 is 2.29 bits per heavy atom. The highest BCUT2D eigenvalue weighted by atomic mass is 16.5. The summed E-state index contributed by atoms with van der Waals surface area (Å²) in [6.07, 6.45) is 3.27. The molecule has 0 radical (unpaired) electrons. The quantitative estimate of drug-likeness (QED) is 0.479. The van der Waals surface area contributed by atoms with Crippen LogP contribution < -0.4 is 16.8 Å². The summed E-state index contributed by atoms with van der Waals surface area (Å²) < 4.78 is 5.01. The van der Waals surface area contributed by atoms with Crippen LogP contribution in [0.2, 0.25) is 0 Å². The van der Waals surface area contributed by atoms with Crippen molar-refractivity contribution < 1.29 is 9.53 Å². The van der Waals surface area contributed by atoms with Crippen LogP contribution in [0.4, 0.5) is 0 Å². The number of carbonyl (C=O) groups is 1. The molecule has 0 spiro atoms. The number of amides is 1. The molecule has 1 amide bonds. The molecule has 5 nitrogen and oxygen atoms in total. The lowest BCUT2D eigenvalue weighted by molar-refractivity contribution is -0.122. The minimum atomic E-state index is -0.423. The average molecular weight is 201 g/mol. The van der Waals surface area contributed by atoms with Gasteiger partial charge in [0.2, 0.25) is 5.91 Å². The van der Waals surface area contributed by atoms with Crippen molar-refractivity contribution >= 4 is 5.91 Å². The summed E-state index contributed by atoms with van der Waals surface area (Å²) in [5.41, 5.74) is 10.7. The van der Waals surface area contributed by atoms with Crippen molar-refractivity contribution in [3.8, 4) is 0 Å². The lowest BCUT2D eigenvalue weighted by atomic mass is 10.2. The zero-order valence-corrected chi connectivity index (χ0v) is 8.37. The number of nitrogens with one attached hydrogen (secondary N) is 1. The monoisotopic (exact) mass is 201 g/mol. The van der Waals surface area contributed by atoms with Crippen molar-refractivity contribution in [1.29, 1.82) is 0 Å². The Labute approximate surface area is 84.2 Å². The van der Waals surface area contributed by atoms with Gasteiger partial charge in [-0.05, 0) is 19.3 Å². The zero-order valence-electron chi connectivity index (χ0n) is 8.37. The first-order chi connectivity index (χ1) is 6.68. The minimum Gasteiger partial charge on any atom is -0.370 e. The Balaban J connectivity index is 1.91. The van der Waals surface area contributed by atoms with E-state index in [-0.39, 0.29) is 6.61 Å². The summed E-state index contributed by atoms with van der Waals surface area (Å²) in [6.45, 7) is 1.28. The van der Waals surface area contributed by atoms with Crippen LogP contribution >= 0.6 is 0 Å². The summed E-state index contributed by atoms with van der Waals surface area (Å²) in [4.78, 5) is 10.3. The number of rotatable bonds is 6. The number of hydrogen-bond donors (Lipinski definition) is 3. The maximum Gasteiger partial charge on any atom is 0.243 e. The summed E-state index contributed by atoms with van der Waals surface area (Å²) in [5, 5.41) is 3.33. The van der Waals surface area contributed by atoms with Crippen molar-refractivity contribution in [3.63, 3.8) is 0 Å². The summed E-state index contributed by atoms with van der Waals surface area (Å²) >= 11 is 0. The molecular weight excluding hydrogens is 182 g/mol. The molecule has 1 aliphatic rings. The van der Waals surface area contributed by atoms with E-state index in [1.165, 1.54) is 0 Å². The Hall–Kier alpha value is -0.650. The molecule has 1 rings (SSSR count). The van der Waals surface area contributed by atoms with Crippen molar-refractivity contribution in [2.24, 2.45) is 11.5 Å². The molecule has 1 aliphatic carbocycles. The number of hydrogen-bond acceptors (Lipinski definition) is 4. The molecule has 5 heteroatoms. The van der Waals surface area contributed by atoms with Crippen LogP contribution in [0.25, 0.3) is 0 Å². The lowest BCUT2D eigenvalue weighted by Gasteiger charge is -2.11. The first kappa shape index (κ1) is 11.4. The van der Waals surface area contributed by atoms with E-state index in [2.05, 4.69) is 5.32 Å². The Kier molecular flexibility index (Phi) is 4.86. The molecule has 1 saturated carbocycles. The minimum absolute atomic E-state index is 0.00581. The first-order valence-electron chi connectivity index (χ1n) is 5.03. The van der Waals surface area contributed by atoms with Crippen molar-refractivity contribution in [2.75, 3.05) is 19.8 Å². The van der Waals surface area contributed by atoms with E-state index in [0.717, 1.165) is 25.8 Å². The number of primary amides is 1. The highest BCUT2D eigenvalue weighted by molar-refractivity contribution is 5.74. The number of ether oxygens (including phenoxy) is 1. The molecule has 14 heavy (non-hydrogen) atoms. The van der Waals surface area contributed by atoms with Gasteiger partial charge in [0, 0.05) is 18.6 Å². The van der Waals surface area contributed by atoms with Gasteiger partial charge in [0.15, 0.2) is 0 Å². The van der Waals surface area contributed by atoms with Crippen molar-refractivity contribution in [3.05, 3.63) is 0 Å². The van der Waals surface area contributed by atoms with Gasteiger partial charge < -0.3 is 21.5 Å². The van der Waals surface area contributed by atoms with Crippen LogP contribution in [-0.2, 0) is 9.53 Å². The van der Waals surface area contributed by atoms with Crippen LogP contribution in [-0.4, -0.2) is 37.7 Å². The van der Waals surface area contributed by atoms with Gasteiger partial charge in [0.05, 0.1) is 6.61 Å². The fourth-order valence-electron chi connectivity index (χ4n) is 1.71. The van der Waals surface area contributed by atoms with Crippen LogP contribution in [0, 0.1) is 0 Å². The third-order valence-electron chi connectivity index (χ3n) is 2.40. The maximum absolute atomic E-state index is 10.3. The Bertz CT molecular complexity index is 187. The number of carbonyl (C=O) groups excluding carboxylic acids is 1. The highest BCUT2D eigenvalue weighted by Gasteiger charge is 2.20. The van der Waals surface area contributed by atoms with Gasteiger partial charge in [-0.25, -0.2) is 0 Å². The molecule has 0 aromatic carbocycles. The predicted octanol–water partition coefficient (Wildman–Crippen LogP) is -1.04. The maximum atomic E-state index is 10.3. The molecule has 2 unspecified atom stereocenters. The normalized spacial score (nSPS) is 26.6. The van der Waals surface area contributed by atoms with Crippen LogP contribution in [0.15, 0.2) is 0 Å². The van der Waals surface area contributed by atoms with Crippen LogP contribution in [0.3, 0.4) is 0 Å². The fraction of sp³-hybridized carbons (Fsp3) is 0.889. The van der Waals surface area contributed by atoms with Crippen LogP contribution in [0.5, 0.6) is 0 Å². The topological polar surface area (TPSA) is 90.4 Å². The molecule has 0 bridgehead atoms. The second kappa shape index (κ2) is 5.95. The smallest absolute Gasteiger partial charge is 0.243 e. The Morgan fingerprint density at radius 3 is 2.86 bits per heavy atom. The second-order valence-corrected chi connectivity index (χ2v) is 3.74. The van der Waals surface area contributed by atoms with Gasteiger partial charge in [0.25, 0.3) is 0 Å². The van der Waals surface area contributed by atoms with Crippen molar-refractivity contribution in [1.82, 2.24) is 5.32 Å². The zero-order chi connectivity index (χ0) is 10.4. The van der Waals surface area contributed by atoms with E-state index >= 15 is 0 Å². The molecular formula is C9H19N3O2. The lowest BCUT2D eigenvalue weighted by Crippen LogP contribution is -2.32. The van der Waals surface area contributed by atoms with Crippen molar-refractivity contribution in [2.45, 2.75) is 31.3 Å². The third kappa shape index (κ3) is 4.55. The second-order valence-electron chi connectivity index (χ2n) is 3.74. The number of nitrogens with two attached hydrogens (primary N) is 2. The summed E-state index contributed by atoms with van der Waals surface area (Å²) in [6, 6.07) is 0.862. The summed E-state index contributed by atoms with van der Waals surface area (Å²) in [5.74, 6) is -0.423. The largest absolute Gasteiger partial charge is 0.370 e. The van der Waals surface area contributed by atoms with Gasteiger partial charge >= 0.3 is 0 Å². The third-order valence-corrected chi connectivity index (χ3v) is 2.40. The molecule has 2 atom stereocenters. The predicted molar refractivity (Wildman–Crippen MR) is 53.6 cm³/mol. The molecule has 82 valence electrons. The van der Waals surface area contributed by atoms with E-state index in [0.29, 0.717) is 18.7 Å². The van der Waals surface area contributed by atoms with E-state index in [1.807, 2.05) is 0 Å². The van der Waals surface area contributed by atoms with Gasteiger partial charge in [-0.1, -0.05) is 0 Å². The first-order valence-corrected chi connectivity index (χ1v) is 5.03.